The second kappa shape index (κ2) is 18.2. The smallest absolute Gasteiger partial charge is 0.330 e. The number of esters is 1. The molecule has 8 heteroatoms. The van der Waals surface area contributed by atoms with E-state index < -0.39 is 11.9 Å². The number of nitrogens with zero attached hydrogens (tertiary/aromatic N) is 1. The van der Waals surface area contributed by atoms with Crippen molar-refractivity contribution in [3.8, 4) is 0 Å². The highest BCUT2D eigenvalue weighted by molar-refractivity contribution is 6.06. The van der Waals surface area contributed by atoms with Gasteiger partial charge in [0.2, 0.25) is 0 Å². The first-order valence-corrected chi connectivity index (χ1v) is 7.55. The van der Waals surface area contributed by atoms with Crippen LogP contribution < -0.4 is 5.11 Å². The summed E-state index contributed by atoms with van der Waals surface area (Å²) in [6, 6.07) is 0. The summed E-state index contributed by atoms with van der Waals surface area (Å²) in [4.78, 5) is 29.4. The van der Waals surface area contributed by atoms with E-state index in [1.165, 1.54) is 6.92 Å². The maximum absolute atomic E-state index is 10.1. The molecule has 146 valence electrons. The van der Waals surface area contributed by atoms with E-state index in [2.05, 4.69) is 24.5 Å². The van der Waals surface area contributed by atoms with E-state index in [1.807, 2.05) is 21.1 Å². The van der Waals surface area contributed by atoms with Crippen molar-refractivity contribution in [3.63, 3.8) is 0 Å². The molecule has 0 heterocycles. The normalized spacial score (nSPS) is 8.60. The summed E-state index contributed by atoms with van der Waals surface area (Å²) in [6.07, 6.45) is 1.60. The van der Waals surface area contributed by atoms with Crippen LogP contribution >= 0.6 is 11.8 Å². The minimum atomic E-state index is -1.15. The zero-order valence-electron chi connectivity index (χ0n) is 15.9. The van der Waals surface area contributed by atoms with E-state index >= 15 is 0 Å². The van der Waals surface area contributed by atoms with Crippen LogP contribution in [-0.2, 0) is 19.1 Å². The molecule has 1 N–H and O–H groups in total. The van der Waals surface area contributed by atoms with Crippen molar-refractivity contribution in [1.29, 1.82) is 0 Å². The first-order chi connectivity index (χ1) is 11.1. The second-order valence-electron chi connectivity index (χ2n) is 5.13. The second-order valence-corrected chi connectivity index (χ2v) is 6.15. The van der Waals surface area contributed by atoms with E-state index in [0.29, 0.717) is 17.0 Å². The van der Waals surface area contributed by atoms with Gasteiger partial charge in [-0.1, -0.05) is 26.7 Å². The Kier molecular flexibility index (Phi) is 22.4. The molecule has 7 nitrogen and oxygen atoms in total. The third-order valence-corrected chi connectivity index (χ3v) is 1.53. The molecule has 25 heavy (non-hydrogen) atoms. The van der Waals surface area contributed by atoms with Gasteiger partial charge < -0.3 is 19.7 Å². The van der Waals surface area contributed by atoms with Gasteiger partial charge in [0.05, 0.1) is 33.7 Å². The number of aliphatic carboxylic acids is 2. The molecule has 0 aliphatic carbocycles. The lowest BCUT2D eigenvalue weighted by Crippen LogP contribution is -2.23. The Morgan fingerprint density at radius 2 is 1.52 bits per heavy atom. The lowest BCUT2D eigenvalue weighted by molar-refractivity contribution is -0.747. The van der Waals surface area contributed by atoms with Crippen molar-refractivity contribution in [3.05, 3.63) is 37.0 Å². The molecule has 0 aliphatic heterocycles. The third kappa shape index (κ3) is 52.1. The SMILES string of the molecule is C=C(C)C(=O)O.C=C(CC)C(=O)[O-].C=CC(=O)OCC.C[N+](C)(C)Cl. The standard InChI is InChI=1S/2C5H8O2.C4H6O2.C3H9ClN/c1-3-5(6)7-4-2;1-3-4(2)5(6)7;1-3(2)4(5)6;1-5(2,3)4/h3H,1,4H2,2H3;2-3H2,1H3,(H,6,7);1H2,2H3,(H,5,6);1-3H3/q;;;+1/p-1. The van der Waals surface area contributed by atoms with Crippen LogP contribution in [0.4, 0.5) is 0 Å². The van der Waals surface area contributed by atoms with Gasteiger partial charge in [0.15, 0.2) is 11.8 Å². The van der Waals surface area contributed by atoms with Gasteiger partial charge in [-0.2, -0.15) is 0 Å². The van der Waals surface area contributed by atoms with Crippen LogP contribution in [0.5, 0.6) is 0 Å². The Morgan fingerprint density at radius 1 is 1.20 bits per heavy atom. The lowest BCUT2D eigenvalue weighted by atomic mass is 10.2. The number of quaternary nitrogens is 1. The Labute approximate surface area is 155 Å². The number of carboxylic acids is 2. The van der Waals surface area contributed by atoms with Crippen molar-refractivity contribution in [1.82, 2.24) is 0 Å². The summed E-state index contributed by atoms with van der Waals surface area (Å²) < 4.78 is 4.91. The first kappa shape index (κ1) is 30.7. The van der Waals surface area contributed by atoms with Crippen LogP contribution in [0.3, 0.4) is 0 Å². The zero-order chi connectivity index (χ0) is 21.2. The predicted octanol–water partition coefficient (Wildman–Crippen LogP) is 1.93. The number of rotatable bonds is 5. The maximum atomic E-state index is 10.1. The highest BCUT2D eigenvalue weighted by Crippen LogP contribution is 1.91. The van der Waals surface area contributed by atoms with Crippen LogP contribution in [0, 0.1) is 0 Å². The number of carboxylic acid groups (broad SMARTS) is 2. The minimum Gasteiger partial charge on any atom is -0.545 e. The summed E-state index contributed by atoms with van der Waals surface area (Å²) >= 11 is 5.47. The molecule has 0 saturated carbocycles. The summed E-state index contributed by atoms with van der Waals surface area (Å²) in [6.45, 7) is 14.9. The van der Waals surface area contributed by atoms with Crippen LogP contribution in [0.2, 0.25) is 0 Å². The van der Waals surface area contributed by atoms with E-state index in [0.717, 1.165) is 6.08 Å². The molecule has 0 amide bonds. The first-order valence-electron chi connectivity index (χ1n) is 7.22. The number of halogens is 1. The van der Waals surface area contributed by atoms with Crippen LogP contribution in [-0.4, -0.2) is 54.8 Å². The Hall–Kier alpha value is -2.12. The Morgan fingerprint density at radius 3 is 1.56 bits per heavy atom. The van der Waals surface area contributed by atoms with E-state index in [-0.39, 0.29) is 17.1 Å². The fraction of sp³-hybridized carbons (Fsp3) is 0.471. The summed E-state index contributed by atoms with van der Waals surface area (Å²) in [7, 11) is 5.67. The fourth-order valence-corrected chi connectivity index (χ4v) is 0.346. The molecule has 0 spiro atoms. The number of hydrogen-bond donors (Lipinski definition) is 1. The topological polar surface area (TPSA) is 104 Å². The zero-order valence-corrected chi connectivity index (χ0v) is 16.7. The van der Waals surface area contributed by atoms with E-state index in [9.17, 15) is 19.5 Å². The summed E-state index contributed by atoms with van der Waals surface area (Å²) in [5.74, 6) is -2.44. The van der Waals surface area contributed by atoms with Crippen molar-refractivity contribution >= 4 is 29.7 Å². The van der Waals surface area contributed by atoms with Gasteiger partial charge in [-0.25, -0.2) is 13.6 Å². The molecule has 0 radical (unpaired) electrons. The number of ether oxygens (including phenoxy) is 1. The maximum Gasteiger partial charge on any atom is 0.330 e. The molecule has 0 aromatic carbocycles. The average Bonchev–Trinajstić information content (AvgIpc) is 2.45. The molecule has 0 aromatic rings. The van der Waals surface area contributed by atoms with Crippen molar-refractivity contribution in [2.24, 2.45) is 0 Å². The van der Waals surface area contributed by atoms with Gasteiger partial charge in [0.1, 0.15) is 0 Å². The summed E-state index contributed by atoms with van der Waals surface area (Å²) in [5.41, 5.74) is 0.329. The van der Waals surface area contributed by atoms with Gasteiger partial charge in [0, 0.05) is 11.6 Å². The molecule has 0 fully saturated rings. The van der Waals surface area contributed by atoms with Gasteiger partial charge in [-0.15, -0.1) is 0 Å². The summed E-state index contributed by atoms with van der Waals surface area (Å²) in [5, 5.41) is 17.6. The molecule has 0 rings (SSSR count). The van der Waals surface area contributed by atoms with Crippen molar-refractivity contribution < 1.29 is 33.3 Å². The van der Waals surface area contributed by atoms with E-state index in [4.69, 9.17) is 16.9 Å². The van der Waals surface area contributed by atoms with Crippen LogP contribution in [0.25, 0.3) is 0 Å². The fourth-order valence-electron chi connectivity index (χ4n) is 0.346. The molecule has 0 aromatic heterocycles. The highest BCUT2D eigenvalue weighted by atomic mass is 35.5. The van der Waals surface area contributed by atoms with Gasteiger partial charge >= 0.3 is 11.9 Å². The molecule has 0 aliphatic rings. The van der Waals surface area contributed by atoms with Crippen molar-refractivity contribution in [2.45, 2.75) is 27.2 Å². The average molecular weight is 380 g/mol. The van der Waals surface area contributed by atoms with Crippen molar-refractivity contribution in [2.75, 3.05) is 27.7 Å². The third-order valence-electron chi connectivity index (χ3n) is 1.53. The Bertz CT molecular complexity index is 433. The number of carbonyl (C=O) groups excluding carboxylic acids is 2. The number of hydrogen-bond acceptors (Lipinski definition) is 5. The predicted molar refractivity (Wildman–Crippen MR) is 97.6 cm³/mol. The number of carbonyl (C=O) groups is 3. The highest BCUT2D eigenvalue weighted by Gasteiger charge is 1.95. The van der Waals surface area contributed by atoms with Gasteiger partial charge in [-0.3, -0.25) is 0 Å². The van der Waals surface area contributed by atoms with E-state index in [1.54, 1.807) is 13.8 Å². The largest absolute Gasteiger partial charge is 0.545 e. The molecule has 0 unspecified atom stereocenters. The lowest BCUT2D eigenvalue weighted by Gasteiger charge is -2.07. The van der Waals surface area contributed by atoms with Crippen LogP contribution in [0.1, 0.15) is 27.2 Å². The quantitative estimate of drug-likeness (QED) is 0.444. The molecular formula is C17H30ClNO6. The Balaban J connectivity index is -0.000000119. The minimum absolute atomic E-state index is 0.153. The van der Waals surface area contributed by atoms with Gasteiger partial charge in [-0.05, 0) is 25.8 Å². The monoisotopic (exact) mass is 379 g/mol. The van der Waals surface area contributed by atoms with Crippen LogP contribution in [0.15, 0.2) is 37.0 Å². The molecule has 0 bridgehead atoms. The van der Waals surface area contributed by atoms with Gasteiger partial charge in [0.25, 0.3) is 0 Å². The molecule has 0 saturated heterocycles. The molecule has 0 atom stereocenters. The molecular weight excluding hydrogens is 350 g/mol.